The molecule has 4 aromatic heterocycles. The molecule has 0 unspecified atom stereocenters. The lowest BCUT2D eigenvalue weighted by atomic mass is 9.68. The van der Waals surface area contributed by atoms with E-state index in [1.54, 1.807) is 15.8 Å². The molecule has 0 bridgehead atoms. The molecule has 0 saturated heterocycles. The maximum Gasteiger partial charge on any atom is 0.0639 e. The van der Waals surface area contributed by atoms with Crippen LogP contribution in [0.2, 0.25) is 0 Å². The van der Waals surface area contributed by atoms with Crippen molar-refractivity contribution in [1.82, 2.24) is 0 Å². The minimum Gasteiger partial charge on any atom is -0.152 e. The lowest BCUT2D eigenvalue weighted by Gasteiger charge is -2.35. The number of fused-ring (bicyclic) bond motifs is 11. The molecule has 5 heterocycles. The standard InChI is InChI=1S/C39H26S8/c40-31-21(19-43-18-20-8-2-3-9-24(20)31)14-22-17-29-35(45-22)38-37(46-29)30-36(47-38)34-28(39(30)12-6-1-7-13-39)16-23(44-34)15-27-32(41)25-10-4-5-11-26(25)33(27)42/h2-5,8-11,14-17H,1,6-7,12-13,18-19H2/b21-14+. The summed E-state index contributed by atoms with van der Waals surface area (Å²) in [5, 5.41) is 0. The van der Waals surface area contributed by atoms with Crippen molar-refractivity contribution in [2.45, 2.75) is 43.3 Å². The highest BCUT2D eigenvalue weighted by Gasteiger charge is 2.48. The van der Waals surface area contributed by atoms with Crippen LogP contribution in [0.25, 0.3) is 40.7 Å². The fourth-order valence-electron chi connectivity index (χ4n) is 8.08. The molecule has 1 aliphatic heterocycles. The maximum absolute atomic E-state index is 6.04. The second-order valence-electron chi connectivity index (χ2n) is 12.9. The predicted octanol–water partition coefficient (Wildman–Crippen LogP) is 13.1. The normalized spacial score (nSPS) is 19.1. The van der Waals surface area contributed by atoms with Crippen LogP contribution in [-0.4, -0.2) is 20.3 Å². The SMILES string of the molecule is S=C1/C(=C/c2cc3sc4c5c(sc4c3s2)-c2sc(C=C3C(=S)c4ccccc4C3=S)cc2C52CCCCC2)CSCc2ccccc21. The van der Waals surface area contributed by atoms with Gasteiger partial charge in [0.1, 0.15) is 0 Å². The Morgan fingerprint density at radius 1 is 0.617 bits per heavy atom. The zero-order valence-corrected chi connectivity index (χ0v) is 31.7. The molecule has 1 saturated carbocycles. The minimum absolute atomic E-state index is 0.128. The number of allylic oxidation sites excluding steroid dienone is 1. The summed E-state index contributed by atoms with van der Waals surface area (Å²) in [5.74, 6) is 1.98. The summed E-state index contributed by atoms with van der Waals surface area (Å²) in [6.07, 6.45) is 11.1. The van der Waals surface area contributed by atoms with Crippen molar-refractivity contribution in [1.29, 1.82) is 0 Å². The number of thiocarbonyl (C=S) groups is 3. The van der Waals surface area contributed by atoms with E-state index >= 15 is 0 Å². The topological polar surface area (TPSA) is 0 Å². The number of hydrogen-bond acceptors (Lipinski definition) is 8. The van der Waals surface area contributed by atoms with Gasteiger partial charge >= 0.3 is 0 Å². The van der Waals surface area contributed by atoms with E-state index in [9.17, 15) is 0 Å². The Kier molecular flexibility index (Phi) is 7.08. The van der Waals surface area contributed by atoms with Crippen LogP contribution in [0.5, 0.6) is 0 Å². The third-order valence-corrected chi connectivity index (χ3v) is 17.7. The van der Waals surface area contributed by atoms with Gasteiger partial charge in [-0.15, -0.1) is 45.3 Å². The number of rotatable bonds is 2. The molecule has 0 amide bonds. The highest BCUT2D eigenvalue weighted by Crippen LogP contribution is 2.65. The van der Waals surface area contributed by atoms with Gasteiger partial charge in [0.05, 0.1) is 28.7 Å². The van der Waals surface area contributed by atoms with E-state index in [1.807, 2.05) is 57.1 Å². The first-order valence-electron chi connectivity index (χ1n) is 16.0. The van der Waals surface area contributed by atoms with E-state index in [1.165, 1.54) is 82.4 Å². The molecule has 3 aliphatic carbocycles. The summed E-state index contributed by atoms with van der Waals surface area (Å²) in [6, 6.07) is 21.9. The maximum atomic E-state index is 6.04. The van der Waals surface area contributed by atoms with Crippen LogP contribution in [0.1, 0.15) is 75.2 Å². The first-order valence-corrected chi connectivity index (χ1v) is 21.6. The molecule has 0 atom stereocenters. The Morgan fingerprint density at radius 2 is 1.34 bits per heavy atom. The predicted molar refractivity (Wildman–Crippen MR) is 222 cm³/mol. The Hall–Kier alpha value is -2.14. The van der Waals surface area contributed by atoms with E-state index in [0.717, 1.165) is 42.8 Å². The summed E-state index contributed by atoms with van der Waals surface area (Å²) < 4.78 is 5.91. The van der Waals surface area contributed by atoms with E-state index in [0.29, 0.717) is 0 Å². The molecular formula is C39H26S8. The van der Waals surface area contributed by atoms with Gasteiger partial charge in [0.25, 0.3) is 0 Å². The Balaban J connectivity index is 1.07. The van der Waals surface area contributed by atoms with Crippen LogP contribution in [-0.2, 0) is 11.2 Å². The summed E-state index contributed by atoms with van der Waals surface area (Å²) in [5.41, 5.74) is 10.4. The van der Waals surface area contributed by atoms with Crippen molar-refractivity contribution in [3.8, 4) is 9.75 Å². The van der Waals surface area contributed by atoms with Gasteiger partial charge in [-0.25, -0.2) is 0 Å². The highest BCUT2D eigenvalue weighted by molar-refractivity contribution is 7.98. The second-order valence-corrected chi connectivity index (χ2v) is 19.3. The number of thiophene rings is 4. The van der Waals surface area contributed by atoms with Crippen molar-refractivity contribution >= 4 is 139 Å². The molecule has 0 N–H and O–H groups in total. The monoisotopic (exact) mass is 750 g/mol. The average Bonchev–Trinajstić information content (AvgIpc) is 3.90. The van der Waals surface area contributed by atoms with Gasteiger partial charge in [0.2, 0.25) is 0 Å². The molecular weight excluding hydrogens is 725 g/mol. The van der Waals surface area contributed by atoms with Crippen LogP contribution in [0.15, 0.2) is 71.8 Å². The summed E-state index contributed by atoms with van der Waals surface area (Å²) in [4.78, 5) is 8.41. The molecule has 6 aromatic rings. The molecule has 10 rings (SSSR count). The molecule has 0 radical (unpaired) electrons. The van der Waals surface area contributed by atoms with Crippen LogP contribution in [0, 0.1) is 0 Å². The van der Waals surface area contributed by atoms with E-state index in [4.69, 9.17) is 36.7 Å². The van der Waals surface area contributed by atoms with Gasteiger partial charge < -0.3 is 0 Å². The van der Waals surface area contributed by atoms with E-state index in [-0.39, 0.29) is 5.41 Å². The molecule has 230 valence electrons. The van der Waals surface area contributed by atoms with Crippen molar-refractivity contribution in [3.05, 3.63) is 115 Å². The smallest absolute Gasteiger partial charge is 0.0639 e. The molecule has 1 spiro atoms. The van der Waals surface area contributed by atoms with Gasteiger partial charge in [0.15, 0.2) is 0 Å². The van der Waals surface area contributed by atoms with E-state index < -0.39 is 0 Å². The van der Waals surface area contributed by atoms with Gasteiger partial charge in [0, 0.05) is 63.4 Å². The van der Waals surface area contributed by atoms with Crippen molar-refractivity contribution < 1.29 is 0 Å². The minimum atomic E-state index is 0.128. The lowest BCUT2D eigenvalue weighted by molar-refractivity contribution is 0.356. The summed E-state index contributed by atoms with van der Waals surface area (Å²) in [7, 11) is 0. The Labute approximate surface area is 310 Å². The first-order chi connectivity index (χ1) is 23.0. The molecule has 1 fully saturated rings. The van der Waals surface area contributed by atoms with Crippen LogP contribution in [0.3, 0.4) is 0 Å². The van der Waals surface area contributed by atoms with Crippen LogP contribution < -0.4 is 0 Å². The zero-order chi connectivity index (χ0) is 31.4. The van der Waals surface area contributed by atoms with Gasteiger partial charge in [-0.2, -0.15) is 11.8 Å². The van der Waals surface area contributed by atoms with Crippen molar-refractivity contribution in [2.75, 3.05) is 5.75 Å². The quantitative estimate of drug-likeness (QED) is 0.128. The molecule has 47 heavy (non-hydrogen) atoms. The lowest BCUT2D eigenvalue weighted by Crippen LogP contribution is -2.27. The third kappa shape index (κ3) is 4.42. The summed E-state index contributed by atoms with van der Waals surface area (Å²) in [6.45, 7) is 0. The van der Waals surface area contributed by atoms with E-state index in [2.05, 4.69) is 72.8 Å². The fraction of sp³-hybridized carbons (Fsp3) is 0.205. The number of thioether (sulfide) groups is 1. The number of benzene rings is 2. The fourth-order valence-corrected chi connectivity index (χ4v) is 16.1. The second kappa shape index (κ2) is 11.2. The third-order valence-electron chi connectivity index (χ3n) is 10.2. The molecule has 8 heteroatoms. The van der Waals surface area contributed by atoms with Crippen molar-refractivity contribution in [2.24, 2.45) is 0 Å². The highest BCUT2D eigenvalue weighted by atomic mass is 32.2. The first kappa shape index (κ1) is 29.7. The van der Waals surface area contributed by atoms with Gasteiger partial charge in [-0.05, 0) is 59.4 Å². The Morgan fingerprint density at radius 3 is 2.13 bits per heavy atom. The largest absolute Gasteiger partial charge is 0.152 e. The van der Waals surface area contributed by atoms with Gasteiger partial charge in [-0.3, -0.25) is 0 Å². The molecule has 4 aliphatic rings. The van der Waals surface area contributed by atoms with Crippen LogP contribution in [0.4, 0.5) is 0 Å². The Bertz CT molecular complexity index is 2390. The zero-order valence-electron chi connectivity index (χ0n) is 25.1. The average molecular weight is 751 g/mol. The van der Waals surface area contributed by atoms with Gasteiger partial charge in [-0.1, -0.05) is 104 Å². The van der Waals surface area contributed by atoms with Crippen molar-refractivity contribution in [3.63, 3.8) is 0 Å². The van der Waals surface area contributed by atoms with Crippen LogP contribution >= 0.6 is 93.8 Å². The number of hydrogen-bond donors (Lipinski definition) is 0. The molecule has 2 aromatic carbocycles. The summed E-state index contributed by atoms with van der Waals surface area (Å²) >= 11 is 27.9. The molecule has 0 nitrogen and oxygen atoms in total.